The largest absolute Gasteiger partial charge is 0.481 e. The zero-order chi connectivity index (χ0) is 12.6. The smallest absolute Gasteiger partial charge is 0.324 e. The van der Waals surface area contributed by atoms with Crippen LogP contribution in [0.5, 0.6) is 0 Å². The average Bonchev–Trinajstić information content (AvgIpc) is 1.97. The summed E-state index contributed by atoms with van der Waals surface area (Å²) in [6.45, 7) is 5.53. The van der Waals surface area contributed by atoms with Crippen molar-refractivity contribution in [3.63, 3.8) is 0 Å². The Kier molecular flexibility index (Phi) is 3.25. The molecule has 0 spiro atoms. The van der Waals surface area contributed by atoms with Crippen molar-refractivity contribution >= 4 is 11.9 Å². The van der Waals surface area contributed by atoms with Crippen molar-refractivity contribution in [2.75, 3.05) is 13.1 Å². The van der Waals surface area contributed by atoms with Gasteiger partial charge in [0.25, 0.3) is 0 Å². The van der Waals surface area contributed by atoms with Crippen LogP contribution in [-0.4, -0.2) is 41.8 Å². The summed E-state index contributed by atoms with van der Waals surface area (Å²) in [4.78, 5) is 22.8. The lowest BCUT2D eigenvalue weighted by Gasteiger charge is -2.42. The van der Waals surface area contributed by atoms with Crippen molar-refractivity contribution < 1.29 is 19.4 Å². The molecule has 1 atom stereocenters. The highest BCUT2D eigenvalue weighted by molar-refractivity contribution is 5.88. The van der Waals surface area contributed by atoms with Gasteiger partial charge >= 0.3 is 11.9 Å². The van der Waals surface area contributed by atoms with Crippen molar-refractivity contribution in [2.24, 2.45) is 11.1 Å². The molecule has 92 valence electrons. The fraction of sp³-hybridized carbons (Fsp3) is 0.800. The normalized spacial score (nSPS) is 20.8. The predicted molar refractivity (Wildman–Crippen MR) is 56.8 cm³/mol. The predicted octanol–water partition coefficient (Wildman–Crippen LogP) is -0.670. The number of nitrogens with one attached hydrogen (secondary N) is 1. The summed E-state index contributed by atoms with van der Waals surface area (Å²) in [7, 11) is 0. The number of carbonyl (C=O) groups excluding carboxylic acids is 1. The van der Waals surface area contributed by atoms with Gasteiger partial charge in [0.05, 0.1) is 0 Å². The molecule has 0 aromatic heterocycles. The summed E-state index contributed by atoms with van der Waals surface area (Å²) < 4.78 is 5.08. The second-order valence-electron chi connectivity index (χ2n) is 5.08. The molecule has 16 heavy (non-hydrogen) atoms. The van der Waals surface area contributed by atoms with E-state index in [0.717, 1.165) is 0 Å². The molecule has 1 aliphatic heterocycles. The fourth-order valence-corrected chi connectivity index (χ4v) is 1.49. The SMILES string of the molecule is CC(C)(C)OC(=O)C(N)C1(C(=O)O)CNC1. The molecule has 1 rings (SSSR count). The molecule has 1 aliphatic rings. The number of hydrogen-bond acceptors (Lipinski definition) is 5. The van der Waals surface area contributed by atoms with Crippen LogP contribution in [0.15, 0.2) is 0 Å². The van der Waals surface area contributed by atoms with Gasteiger partial charge in [0.15, 0.2) is 0 Å². The van der Waals surface area contributed by atoms with Crippen LogP contribution in [0, 0.1) is 5.41 Å². The second kappa shape index (κ2) is 4.03. The van der Waals surface area contributed by atoms with Gasteiger partial charge in [0, 0.05) is 13.1 Å². The molecule has 6 nitrogen and oxygen atoms in total. The van der Waals surface area contributed by atoms with Crippen LogP contribution in [0.25, 0.3) is 0 Å². The van der Waals surface area contributed by atoms with E-state index in [9.17, 15) is 9.59 Å². The number of nitrogens with two attached hydrogens (primary N) is 1. The topological polar surface area (TPSA) is 102 Å². The zero-order valence-corrected chi connectivity index (χ0v) is 9.74. The summed E-state index contributed by atoms with van der Waals surface area (Å²) in [6, 6.07) is -1.13. The van der Waals surface area contributed by atoms with Gasteiger partial charge < -0.3 is 20.9 Å². The molecule has 1 fully saturated rings. The maximum atomic E-state index is 11.7. The van der Waals surface area contributed by atoms with Gasteiger partial charge in [-0.15, -0.1) is 0 Å². The van der Waals surface area contributed by atoms with Gasteiger partial charge in [0.2, 0.25) is 0 Å². The lowest BCUT2D eigenvalue weighted by atomic mass is 9.75. The maximum absolute atomic E-state index is 11.7. The fourth-order valence-electron chi connectivity index (χ4n) is 1.49. The van der Waals surface area contributed by atoms with Crippen molar-refractivity contribution in [2.45, 2.75) is 32.4 Å². The second-order valence-corrected chi connectivity index (χ2v) is 5.08. The first kappa shape index (κ1) is 12.9. The van der Waals surface area contributed by atoms with Crippen LogP contribution in [0.1, 0.15) is 20.8 Å². The number of ether oxygens (including phenoxy) is 1. The molecule has 0 bridgehead atoms. The molecule has 0 aliphatic carbocycles. The quantitative estimate of drug-likeness (QED) is 0.556. The van der Waals surface area contributed by atoms with Gasteiger partial charge in [-0.25, -0.2) is 0 Å². The Morgan fingerprint density at radius 3 is 2.19 bits per heavy atom. The summed E-state index contributed by atoms with van der Waals surface area (Å²) in [5.74, 6) is -1.74. The number of rotatable bonds is 3. The molecule has 0 aromatic carbocycles. The zero-order valence-electron chi connectivity index (χ0n) is 9.74. The molecule has 0 amide bonds. The molecule has 0 radical (unpaired) electrons. The standard InChI is InChI=1S/C10H18N2O4/c1-9(2,3)16-7(13)6(11)10(8(14)15)4-12-5-10/h6,12H,4-5,11H2,1-3H3,(H,14,15). The first-order valence-electron chi connectivity index (χ1n) is 5.12. The first-order chi connectivity index (χ1) is 7.19. The van der Waals surface area contributed by atoms with E-state index >= 15 is 0 Å². The van der Waals surface area contributed by atoms with Crippen LogP contribution in [0.2, 0.25) is 0 Å². The highest BCUT2D eigenvalue weighted by Crippen LogP contribution is 2.28. The number of carboxylic acids is 1. The van der Waals surface area contributed by atoms with Crippen molar-refractivity contribution in [1.29, 1.82) is 0 Å². The Morgan fingerprint density at radius 2 is 1.94 bits per heavy atom. The number of carboxylic acid groups (broad SMARTS) is 1. The van der Waals surface area contributed by atoms with E-state index in [1.165, 1.54) is 0 Å². The molecular weight excluding hydrogens is 212 g/mol. The van der Waals surface area contributed by atoms with Gasteiger partial charge in [-0.2, -0.15) is 0 Å². The number of carbonyl (C=O) groups is 2. The van der Waals surface area contributed by atoms with E-state index in [2.05, 4.69) is 5.32 Å². The first-order valence-corrected chi connectivity index (χ1v) is 5.12. The Hall–Kier alpha value is -1.14. The average molecular weight is 230 g/mol. The molecule has 4 N–H and O–H groups in total. The van der Waals surface area contributed by atoms with E-state index in [-0.39, 0.29) is 13.1 Å². The van der Waals surface area contributed by atoms with Crippen molar-refractivity contribution in [3.8, 4) is 0 Å². The molecule has 1 saturated heterocycles. The summed E-state index contributed by atoms with van der Waals surface area (Å²) >= 11 is 0. The summed E-state index contributed by atoms with van der Waals surface area (Å²) in [6.07, 6.45) is 0. The van der Waals surface area contributed by atoms with Crippen LogP contribution in [0.4, 0.5) is 0 Å². The van der Waals surface area contributed by atoms with E-state index < -0.39 is 29.0 Å². The van der Waals surface area contributed by atoms with Gasteiger partial charge in [-0.3, -0.25) is 9.59 Å². The lowest BCUT2D eigenvalue weighted by molar-refractivity contribution is -0.170. The van der Waals surface area contributed by atoms with Crippen LogP contribution in [0.3, 0.4) is 0 Å². The minimum absolute atomic E-state index is 0.197. The summed E-state index contributed by atoms with van der Waals surface area (Å²) in [5, 5.41) is 11.9. The minimum Gasteiger partial charge on any atom is -0.481 e. The maximum Gasteiger partial charge on any atom is 0.324 e. The molecule has 0 saturated carbocycles. The van der Waals surface area contributed by atoms with Crippen LogP contribution >= 0.6 is 0 Å². The number of hydrogen-bond donors (Lipinski definition) is 3. The van der Waals surface area contributed by atoms with E-state index in [0.29, 0.717) is 0 Å². The molecule has 1 heterocycles. The van der Waals surface area contributed by atoms with Gasteiger partial charge in [0.1, 0.15) is 17.1 Å². The molecule has 6 heteroatoms. The Labute approximate surface area is 94.1 Å². The molecule has 1 unspecified atom stereocenters. The molecule has 0 aromatic rings. The summed E-state index contributed by atoms with van der Waals surface area (Å²) in [5.41, 5.74) is 3.79. The van der Waals surface area contributed by atoms with Crippen LogP contribution in [-0.2, 0) is 14.3 Å². The molecular formula is C10H18N2O4. The third-order valence-electron chi connectivity index (χ3n) is 2.56. The third-order valence-corrected chi connectivity index (χ3v) is 2.56. The van der Waals surface area contributed by atoms with Gasteiger partial charge in [-0.1, -0.05) is 0 Å². The van der Waals surface area contributed by atoms with E-state index in [1.807, 2.05) is 0 Å². The number of aliphatic carboxylic acids is 1. The highest BCUT2D eigenvalue weighted by atomic mass is 16.6. The van der Waals surface area contributed by atoms with E-state index in [1.54, 1.807) is 20.8 Å². The van der Waals surface area contributed by atoms with Gasteiger partial charge in [-0.05, 0) is 20.8 Å². The highest BCUT2D eigenvalue weighted by Gasteiger charge is 2.53. The Bertz CT molecular complexity index is 304. The van der Waals surface area contributed by atoms with Crippen molar-refractivity contribution in [1.82, 2.24) is 5.32 Å². The number of esters is 1. The Morgan fingerprint density at radius 1 is 1.44 bits per heavy atom. The van der Waals surface area contributed by atoms with Crippen molar-refractivity contribution in [3.05, 3.63) is 0 Å². The lowest BCUT2D eigenvalue weighted by Crippen LogP contribution is -2.69. The monoisotopic (exact) mass is 230 g/mol. The third kappa shape index (κ3) is 2.33. The Balaban J connectivity index is 2.73. The minimum atomic E-state index is -1.22. The van der Waals surface area contributed by atoms with E-state index in [4.69, 9.17) is 15.6 Å². The van der Waals surface area contributed by atoms with Crippen LogP contribution < -0.4 is 11.1 Å².